The van der Waals surface area contributed by atoms with Crippen molar-refractivity contribution in [2.45, 2.75) is 12.5 Å². The fourth-order valence-corrected chi connectivity index (χ4v) is 6.11. The minimum atomic E-state index is -0.0913. The molecule has 68 valence electrons. The van der Waals surface area contributed by atoms with E-state index in [0.717, 1.165) is 17.8 Å². The Morgan fingerprint density at radius 1 is 1.00 bits per heavy atom. The summed E-state index contributed by atoms with van der Waals surface area (Å²) in [7, 11) is 0. The molecule has 2 heteroatoms. The molecule has 1 N–H and O–H groups in total. The fraction of sp³-hybridized carbons (Fsp3) is 0.909. The highest BCUT2D eigenvalue weighted by molar-refractivity contribution is 5.91. The third-order valence-corrected chi connectivity index (χ3v) is 6.07. The van der Waals surface area contributed by atoms with E-state index in [9.17, 15) is 9.90 Å². The predicted octanol–water partition coefficient (Wildman–Crippen LogP) is 0.304. The van der Waals surface area contributed by atoms with E-state index in [1.54, 1.807) is 0 Å². The standard InChI is InChI=1S/C11H12O2/c12-10-6-2-1-3-5-4(2)8(10)9(5)11(13)7(3)6/h2-10,12H,1H2/t2?,3-,4?,5-,6-,7+,8+,9-,10-/m0/s1. The Labute approximate surface area is 76.3 Å². The molecule has 0 radical (unpaired) electrons. The van der Waals surface area contributed by atoms with Crippen LogP contribution in [0.5, 0.6) is 0 Å². The molecular formula is C11H12O2. The Hall–Kier alpha value is -0.370. The lowest BCUT2D eigenvalue weighted by Crippen LogP contribution is -2.49. The van der Waals surface area contributed by atoms with Crippen molar-refractivity contribution in [1.82, 2.24) is 0 Å². The number of Topliss-reactive ketones (excluding diaryl/α,β-unsaturated/α-hetero) is 1. The second-order valence-electron chi connectivity index (χ2n) is 5.82. The first-order valence-corrected chi connectivity index (χ1v) is 5.52. The summed E-state index contributed by atoms with van der Waals surface area (Å²) in [5.41, 5.74) is 0. The van der Waals surface area contributed by atoms with Gasteiger partial charge in [0.25, 0.3) is 0 Å². The van der Waals surface area contributed by atoms with Crippen LogP contribution in [0.2, 0.25) is 0 Å². The number of aliphatic hydroxyl groups is 1. The van der Waals surface area contributed by atoms with Gasteiger partial charge in [0.1, 0.15) is 5.78 Å². The van der Waals surface area contributed by atoms with E-state index < -0.39 is 0 Å². The van der Waals surface area contributed by atoms with Gasteiger partial charge in [-0.25, -0.2) is 0 Å². The first-order chi connectivity index (χ1) is 6.30. The SMILES string of the molecule is O=C1[C@@H]2[C@H]3CC4C5[C@H]3[C@H]1[C@@H]5[C@@H](O)[C@@H]42. The Morgan fingerprint density at radius 2 is 1.85 bits per heavy atom. The van der Waals surface area contributed by atoms with E-state index in [4.69, 9.17) is 0 Å². The van der Waals surface area contributed by atoms with Gasteiger partial charge in [-0.15, -0.1) is 0 Å². The molecule has 0 saturated heterocycles. The van der Waals surface area contributed by atoms with E-state index in [2.05, 4.69) is 0 Å². The van der Waals surface area contributed by atoms with Crippen LogP contribution in [-0.2, 0) is 4.79 Å². The van der Waals surface area contributed by atoms with Crippen LogP contribution >= 0.6 is 0 Å². The molecule has 2 bridgehead atoms. The minimum absolute atomic E-state index is 0.0913. The van der Waals surface area contributed by atoms with Gasteiger partial charge in [0.05, 0.1) is 6.10 Å². The maximum atomic E-state index is 11.9. The minimum Gasteiger partial charge on any atom is -0.392 e. The first-order valence-electron chi connectivity index (χ1n) is 5.52. The smallest absolute Gasteiger partial charge is 0.140 e. The molecule has 0 heterocycles. The zero-order chi connectivity index (χ0) is 8.48. The Morgan fingerprint density at radius 3 is 2.69 bits per heavy atom. The molecule has 9 atom stereocenters. The maximum absolute atomic E-state index is 11.9. The summed E-state index contributed by atoms with van der Waals surface area (Å²) in [6.07, 6.45) is 1.19. The van der Waals surface area contributed by atoms with E-state index in [-0.39, 0.29) is 6.10 Å². The van der Waals surface area contributed by atoms with Gasteiger partial charge in [0.2, 0.25) is 0 Å². The molecule has 0 spiro atoms. The third kappa shape index (κ3) is 0.349. The number of ketones is 1. The average molecular weight is 176 g/mol. The third-order valence-electron chi connectivity index (χ3n) is 6.07. The van der Waals surface area contributed by atoms with Crippen molar-refractivity contribution in [3.05, 3.63) is 0 Å². The molecule has 5 aliphatic carbocycles. The molecule has 5 saturated carbocycles. The quantitative estimate of drug-likeness (QED) is 0.576. The van der Waals surface area contributed by atoms with E-state index in [1.807, 2.05) is 0 Å². The maximum Gasteiger partial charge on any atom is 0.140 e. The molecule has 5 fully saturated rings. The summed E-state index contributed by atoms with van der Waals surface area (Å²) in [5, 5.41) is 10.1. The molecule has 0 aromatic rings. The predicted molar refractivity (Wildman–Crippen MR) is 43.6 cm³/mol. The zero-order valence-corrected chi connectivity index (χ0v) is 7.26. The number of hydrogen-bond donors (Lipinski definition) is 1. The summed E-state index contributed by atoms with van der Waals surface area (Å²) in [5.74, 6) is 4.97. The summed E-state index contributed by atoms with van der Waals surface area (Å²) in [6, 6.07) is 0. The van der Waals surface area contributed by atoms with Gasteiger partial charge < -0.3 is 5.11 Å². The molecule has 0 aliphatic heterocycles. The van der Waals surface area contributed by atoms with Gasteiger partial charge in [0.15, 0.2) is 0 Å². The van der Waals surface area contributed by atoms with Crippen LogP contribution in [0.1, 0.15) is 6.42 Å². The lowest BCUT2D eigenvalue weighted by atomic mass is 9.59. The lowest BCUT2D eigenvalue weighted by molar-refractivity contribution is -0.141. The number of fused-ring (bicyclic) bond motifs is 2. The number of aliphatic hydroxyl groups excluding tert-OH is 1. The second kappa shape index (κ2) is 1.40. The molecule has 0 aromatic heterocycles. The van der Waals surface area contributed by atoms with Crippen LogP contribution in [0.4, 0.5) is 0 Å². The van der Waals surface area contributed by atoms with Gasteiger partial charge >= 0.3 is 0 Å². The zero-order valence-electron chi connectivity index (χ0n) is 7.26. The second-order valence-corrected chi connectivity index (χ2v) is 5.82. The molecule has 5 rings (SSSR count). The van der Waals surface area contributed by atoms with E-state index >= 15 is 0 Å². The van der Waals surface area contributed by atoms with Gasteiger partial charge in [-0.2, -0.15) is 0 Å². The van der Waals surface area contributed by atoms with Gasteiger partial charge in [0, 0.05) is 11.8 Å². The molecule has 0 amide bonds. The van der Waals surface area contributed by atoms with E-state index in [0.29, 0.717) is 35.4 Å². The largest absolute Gasteiger partial charge is 0.392 e. The number of hydrogen-bond acceptors (Lipinski definition) is 2. The molecule has 2 nitrogen and oxygen atoms in total. The highest BCUT2D eigenvalue weighted by Gasteiger charge is 2.83. The van der Waals surface area contributed by atoms with E-state index in [1.165, 1.54) is 6.42 Å². The van der Waals surface area contributed by atoms with Crippen molar-refractivity contribution in [3.63, 3.8) is 0 Å². The average Bonchev–Trinajstić information content (AvgIpc) is 2.52. The van der Waals surface area contributed by atoms with Crippen LogP contribution in [0.3, 0.4) is 0 Å². The van der Waals surface area contributed by atoms with Crippen LogP contribution in [0, 0.1) is 47.3 Å². The van der Waals surface area contributed by atoms with Crippen molar-refractivity contribution >= 4 is 5.78 Å². The number of carbonyl (C=O) groups excluding carboxylic acids is 1. The van der Waals surface area contributed by atoms with Gasteiger partial charge in [-0.1, -0.05) is 0 Å². The first kappa shape index (κ1) is 6.18. The van der Waals surface area contributed by atoms with Crippen molar-refractivity contribution in [3.8, 4) is 0 Å². The van der Waals surface area contributed by atoms with Gasteiger partial charge in [-0.05, 0) is 41.9 Å². The molecule has 2 unspecified atom stereocenters. The van der Waals surface area contributed by atoms with Crippen LogP contribution < -0.4 is 0 Å². The summed E-state index contributed by atoms with van der Waals surface area (Å²) in [4.78, 5) is 11.9. The summed E-state index contributed by atoms with van der Waals surface area (Å²) >= 11 is 0. The molecule has 5 aliphatic rings. The van der Waals surface area contributed by atoms with Crippen LogP contribution in [0.25, 0.3) is 0 Å². The van der Waals surface area contributed by atoms with Crippen molar-refractivity contribution in [2.75, 3.05) is 0 Å². The number of carbonyl (C=O) groups is 1. The highest BCUT2D eigenvalue weighted by Crippen LogP contribution is 2.81. The Bertz CT molecular complexity index is 350. The van der Waals surface area contributed by atoms with Crippen molar-refractivity contribution in [1.29, 1.82) is 0 Å². The van der Waals surface area contributed by atoms with Crippen molar-refractivity contribution < 1.29 is 9.90 Å². The van der Waals surface area contributed by atoms with Crippen molar-refractivity contribution in [2.24, 2.45) is 47.3 Å². The molecule has 13 heavy (non-hydrogen) atoms. The topological polar surface area (TPSA) is 37.3 Å². The lowest BCUT2D eigenvalue weighted by Gasteiger charge is -2.45. The Balaban J connectivity index is 1.87. The van der Waals surface area contributed by atoms with Crippen LogP contribution in [0.15, 0.2) is 0 Å². The summed E-state index contributed by atoms with van der Waals surface area (Å²) < 4.78 is 0. The molecule has 0 aromatic carbocycles. The number of rotatable bonds is 0. The normalized spacial score (nSPS) is 79.8. The highest BCUT2D eigenvalue weighted by atomic mass is 16.3. The van der Waals surface area contributed by atoms with Crippen LogP contribution in [-0.4, -0.2) is 17.0 Å². The monoisotopic (exact) mass is 176 g/mol. The fourth-order valence-electron chi connectivity index (χ4n) is 6.11. The Kier molecular flexibility index (Phi) is 0.666. The molecular weight excluding hydrogens is 164 g/mol. The van der Waals surface area contributed by atoms with Gasteiger partial charge in [-0.3, -0.25) is 4.79 Å². The summed E-state index contributed by atoms with van der Waals surface area (Å²) in [6.45, 7) is 0.